The van der Waals surface area contributed by atoms with Crippen LogP contribution in [0.4, 0.5) is 0 Å². The number of hydrogen-bond donors (Lipinski definition) is 2. The van der Waals surface area contributed by atoms with Crippen LogP contribution in [-0.2, 0) is 10.0 Å². The Morgan fingerprint density at radius 2 is 2.29 bits per heavy atom. The van der Waals surface area contributed by atoms with E-state index < -0.39 is 10.0 Å². The minimum atomic E-state index is -3.31. The van der Waals surface area contributed by atoms with Gasteiger partial charge >= 0.3 is 0 Å². The molecule has 0 bridgehead atoms. The highest BCUT2D eigenvalue weighted by Crippen LogP contribution is 2.15. The van der Waals surface area contributed by atoms with Gasteiger partial charge in [0, 0.05) is 19.1 Å². The molecule has 1 heterocycles. The van der Waals surface area contributed by atoms with Crippen molar-refractivity contribution >= 4 is 10.0 Å². The quantitative estimate of drug-likeness (QED) is 0.622. The fraction of sp³-hybridized carbons (Fsp3) is 1.00. The number of nitrogens with two attached hydrogens (primary N) is 1. The van der Waals surface area contributed by atoms with Gasteiger partial charge in [0.1, 0.15) is 0 Å². The van der Waals surface area contributed by atoms with Crippen molar-refractivity contribution < 1.29 is 8.42 Å². The van der Waals surface area contributed by atoms with Crippen LogP contribution in [0.3, 0.4) is 0 Å². The standard InChI is InChI=1S/C8H19N3O2S/c1-10-7-8-3-2-4-11(8)5-6-14(9,12)13/h8,10H,2-7H2,1H3,(H2,9,12,13). The molecule has 3 N–H and O–H groups in total. The Morgan fingerprint density at radius 1 is 1.57 bits per heavy atom. The summed E-state index contributed by atoms with van der Waals surface area (Å²) < 4.78 is 21.6. The Balaban J connectivity index is 2.36. The van der Waals surface area contributed by atoms with Crippen LogP contribution in [0.5, 0.6) is 0 Å². The van der Waals surface area contributed by atoms with Gasteiger partial charge in [-0.2, -0.15) is 0 Å². The number of rotatable bonds is 5. The molecule has 1 atom stereocenters. The van der Waals surface area contributed by atoms with Crippen molar-refractivity contribution in [3.05, 3.63) is 0 Å². The lowest BCUT2D eigenvalue weighted by Gasteiger charge is -2.23. The van der Waals surface area contributed by atoms with Crippen molar-refractivity contribution in [2.24, 2.45) is 5.14 Å². The van der Waals surface area contributed by atoms with Crippen molar-refractivity contribution in [3.63, 3.8) is 0 Å². The zero-order valence-corrected chi connectivity index (χ0v) is 9.39. The summed E-state index contributed by atoms with van der Waals surface area (Å²) in [7, 11) is -1.40. The molecule has 6 heteroatoms. The Labute approximate surface area is 85.7 Å². The van der Waals surface area contributed by atoms with E-state index in [2.05, 4.69) is 10.2 Å². The summed E-state index contributed by atoms with van der Waals surface area (Å²) in [5.41, 5.74) is 0. The molecule has 1 aliphatic heterocycles. The van der Waals surface area contributed by atoms with Gasteiger partial charge in [-0.3, -0.25) is 4.90 Å². The minimum absolute atomic E-state index is 0.0627. The third kappa shape index (κ3) is 3.91. The predicted octanol–water partition coefficient (Wildman–Crippen LogP) is -1.04. The van der Waals surface area contributed by atoms with Crippen molar-refractivity contribution in [1.29, 1.82) is 0 Å². The summed E-state index contributed by atoms with van der Waals surface area (Å²) in [6, 6.07) is 0.474. The topological polar surface area (TPSA) is 75.4 Å². The van der Waals surface area contributed by atoms with E-state index in [1.807, 2.05) is 7.05 Å². The number of sulfonamides is 1. The van der Waals surface area contributed by atoms with Gasteiger partial charge in [-0.1, -0.05) is 0 Å². The fourth-order valence-electron chi connectivity index (χ4n) is 1.90. The van der Waals surface area contributed by atoms with Crippen LogP contribution in [0, 0.1) is 0 Å². The van der Waals surface area contributed by atoms with Crippen LogP contribution in [0.25, 0.3) is 0 Å². The van der Waals surface area contributed by atoms with Crippen molar-refractivity contribution in [2.45, 2.75) is 18.9 Å². The highest BCUT2D eigenvalue weighted by Gasteiger charge is 2.24. The SMILES string of the molecule is CNCC1CCCN1CCS(N)(=O)=O. The average molecular weight is 221 g/mol. The van der Waals surface area contributed by atoms with Gasteiger partial charge < -0.3 is 5.32 Å². The number of nitrogens with zero attached hydrogens (tertiary/aromatic N) is 1. The highest BCUT2D eigenvalue weighted by atomic mass is 32.2. The van der Waals surface area contributed by atoms with E-state index in [0.717, 1.165) is 25.9 Å². The number of likely N-dealkylation sites (N-methyl/N-ethyl adjacent to an activating group) is 1. The van der Waals surface area contributed by atoms with Gasteiger partial charge in [-0.05, 0) is 26.4 Å². The molecule has 1 unspecified atom stereocenters. The molecule has 0 aromatic heterocycles. The van der Waals surface area contributed by atoms with E-state index in [4.69, 9.17) is 5.14 Å². The summed E-state index contributed by atoms with van der Waals surface area (Å²) in [5, 5.41) is 8.08. The van der Waals surface area contributed by atoms with E-state index >= 15 is 0 Å². The molecule has 14 heavy (non-hydrogen) atoms. The molecule has 84 valence electrons. The molecule has 5 nitrogen and oxygen atoms in total. The van der Waals surface area contributed by atoms with Gasteiger partial charge in [0.2, 0.25) is 10.0 Å². The van der Waals surface area contributed by atoms with Gasteiger partial charge in [-0.15, -0.1) is 0 Å². The highest BCUT2D eigenvalue weighted by molar-refractivity contribution is 7.89. The molecule has 1 fully saturated rings. The third-order valence-electron chi connectivity index (χ3n) is 2.60. The molecule has 0 aliphatic carbocycles. The first-order valence-electron chi connectivity index (χ1n) is 4.92. The third-order valence-corrected chi connectivity index (χ3v) is 3.35. The summed E-state index contributed by atoms with van der Waals surface area (Å²) in [5.74, 6) is 0.0627. The number of primary sulfonamides is 1. The monoisotopic (exact) mass is 221 g/mol. The molecule has 1 rings (SSSR count). The lowest BCUT2D eigenvalue weighted by molar-refractivity contribution is 0.264. The maximum atomic E-state index is 10.8. The lowest BCUT2D eigenvalue weighted by Crippen LogP contribution is -2.40. The second kappa shape index (κ2) is 5.06. The molecule has 0 aromatic rings. The zero-order valence-electron chi connectivity index (χ0n) is 8.57. The summed E-state index contributed by atoms with van der Waals surface area (Å²) in [4.78, 5) is 2.20. The summed E-state index contributed by atoms with van der Waals surface area (Å²) in [6.07, 6.45) is 2.29. The van der Waals surface area contributed by atoms with E-state index in [1.165, 1.54) is 0 Å². The van der Waals surface area contributed by atoms with Crippen molar-refractivity contribution in [2.75, 3.05) is 32.4 Å². The Morgan fingerprint density at radius 3 is 2.86 bits per heavy atom. The molecule has 1 aliphatic rings. The minimum Gasteiger partial charge on any atom is -0.318 e. The normalized spacial score (nSPS) is 24.3. The smallest absolute Gasteiger partial charge is 0.210 e. The molecule has 0 amide bonds. The van der Waals surface area contributed by atoms with E-state index in [0.29, 0.717) is 12.6 Å². The summed E-state index contributed by atoms with van der Waals surface area (Å²) >= 11 is 0. The first-order valence-corrected chi connectivity index (χ1v) is 6.63. The Kier molecular flexibility index (Phi) is 4.31. The molecule has 0 aromatic carbocycles. The van der Waals surface area contributed by atoms with E-state index in [-0.39, 0.29) is 5.75 Å². The predicted molar refractivity (Wildman–Crippen MR) is 56.5 cm³/mol. The lowest BCUT2D eigenvalue weighted by atomic mass is 10.2. The molecular formula is C8H19N3O2S. The molecule has 1 saturated heterocycles. The van der Waals surface area contributed by atoms with Gasteiger partial charge in [0.15, 0.2) is 0 Å². The Hall–Kier alpha value is -0.170. The maximum absolute atomic E-state index is 10.8. The maximum Gasteiger partial charge on any atom is 0.210 e. The molecule has 0 radical (unpaired) electrons. The molecule has 0 saturated carbocycles. The molecule has 0 spiro atoms. The van der Waals surface area contributed by atoms with Crippen LogP contribution >= 0.6 is 0 Å². The van der Waals surface area contributed by atoms with Crippen LogP contribution < -0.4 is 10.5 Å². The number of nitrogens with one attached hydrogen (secondary N) is 1. The van der Waals surface area contributed by atoms with E-state index in [1.54, 1.807) is 0 Å². The van der Waals surface area contributed by atoms with Crippen LogP contribution in [0.15, 0.2) is 0 Å². The van der Waals surface area contributed by atoms with Crippen molar-refractivity contribution in [3.8, 4) is 0 Å². The molecular weight excluding hydrogens is 202 g/mol. The fourth-order valence-corrected chi connectivity index (χ4v) is 2.39. The first-order chi connectivity index (χ1) is 6.53. The van der Waals surface area contributed by atoms with Gasteiger partial charge in [-0.25, -0.2) is 13.6 Å². The summed E-state index contributed by atoms with van der Waals surface area (Å²) in [6.45, 7) is 2.47. The van der Waals surface area contributed by atoms with Crippen LogP contribution in [0.1, 0.15) is 12.8 Å². The number of hydrogen-bond acceptors (Lipinski definition) is 4. The Bertz CT molecular complexity index is 266. The van der Waals surface area contributed by atoms with E-state index in [9.17, 15) is 8.42 Å². The first kappa shape index (κ1) is 11.9. The van der Waals surface area contributed by atoms with Gasteiger partial charge in [0.05, 0.1) is 5.75 Å². The van der Waals surface area contributed by atoms with Gasteiger partial charge in [0.25, 0.3) is 0 Å². The van der Waals surface area contributed by atoms with Crippen LogP contribution in [0.2, 0.25) is 0 Å². The second-order valence-electron chi connectivity index (χ2n) is 3.76. The average Bonchev–Trinajstić information content (AvgIpc) is 2.48. The zero-order chi connectivity index (χ0) is 10.6. The van der Waals surface area contributed by atoms with Crippen LogP contribution in [-0.4, -0.2) is 51.8 Å². The number of likely N-dealkylation sites (tertiary alicyclic amines) is 1. The second-order valence-corrected chi connectivity index (χ2v) is 5.49. The van der Waals surface area contributed by atoms with Crippen molar-refractivity contribution in [1.82, 2.24) is 10.2 Å². The largest absolute Gasteiger partial charge is 0.318 e.